The zero-order chi connectivity index (χ0) is 17.8. The van der Waals surface area contributed by atoms with E-state index in [0.29, 0.717) is 0 Å². The molecule has 134 valence electrons. The van der Waals surface area contributed by atoms with E-state index in [0.717, 1.165) is 53.3 Å². The topological polar surface area (TPSA) is 54.5 Å². The Balaban J connectivity index is 1.39. The average Bonchev–Trinajstić information content (AvgIpc) is 3.34. The summed E-state index contributed by atoms with van der Waals surface area (Å²) in [5.74, 6) is -0.0489. The van der Waals surface area contributed by atoms with Gasteiger partial charge in [0, 0.05) is 29.8 Å². The minimum Gasteiger partial charge on any atom is -0.378 e. The number of amides is 1. The summed E-state index contributed by atoms with van der Waals surface area (Å²) in [4.78, 5) is 20.4. The van der Waals surface area contributed by atoms with Gasteiger partial charge in [-0.15, -0.1) is 22.7 Å². The summed E-state index contributed by atoms with van der Waals surface area (Å²) in [5, 5.41) is 7.94. The van der Waals surface area contributed by atoms with Crippen molar-refractivity contribution in [2.75, 3.05) is 36.5 Å². The van der Waals surface area contributed by atoms with Crippen molar-refractivity contribution < 1.29 is 9.53 Å². The third-order valence-corrected chi connectivity index (χ3v) is 6.06. The van der Waals surface area contributed by atoms with Gasteiger partial charge >= 0.3 is 0 Å². The van der Waals surface area contributed by atoms with E-state index in [1.54, 1.807) is 22.7 Å². The van der Waals surface area contributed by atoms with Crippen LogP contribution >= 0.6 is 22.7 Å². The van der Waals surface area contributed by atoms with Crippen molar-refractivity contribution >= 4 is 40.0 Å². The Morgan fingerprint density at radius 3 is 2.88 bits per heavy atom. The first-order valence-corrected chi connectivity index (χ1v) is 10.2. The molecule has 0 radical (unpaired) electrons. The largest absolute Gasteiger partial charge is 0.378 e. The second kappa shape index (κ2) is 7.99. The van der Waals surface area contributed by atoms with E-state index < -0.39 is 0 Å². The van der Waals surface area contributed by atoms with Gasteiger partial charge in [-0.25, -0.2) is 4.98 Å². The van der Waals surface area contributed by atoms with Crippen molar-refractivity contribution in [3.8, 4) is 9.88 Å². The normalized spacial score (nSPS) is 14.4. The second-order valence-electron chi connectivity index (χ2n) is 6.00. The number of aromatic nitrogens is 1. The van der Waals surface area contributed by atoms with E-state index >= 15 is 0 Å². The number of thiazole rings is 1. The van der Waals surface area contributed by atoms with Crippen LogP contribution in [0.5, 0.6) is 0 Å². The molecule has 1 aliphatic heterocycles. The molecule has 0 atom stereocenters. The van der Waals surface area contributed by atoms with E-state index in [1.807, 2.05) is 41.1 Å². The third-order valence-electron chi connectivity index (χ3n) is 4.13. The third kappa shape index (κ3) is 4.12. The second-order valence-corrected chi connectivity index (χ2v) is 7.80. The van der Waals surface area contributed by atoms with Crippen LogP contribution < -0.4 is 10.2 Å². The lowest BCUT2D eigenvalue weighted by atomic mass is 10.2. The van der Waals surface area contributed by atoms with Gasteiger partial charge in [0.15, 0.2) is 0 Å². The Bertz CT molecular complexity index is 871. The van der Waals surface area contributed by atoms with Gasteiger partial charge in [0.1, 0.15) is 5.01 Å². The van der Waals surface area contributed by atoms with Crippen LogP contribution in [0.25, 0.3) is 9.88 Å². The molecule has 1 fully saturated rings. The molecule has 1 saturated heterocycles. The van der Waals surface area contributed by atoms with E-state index in [4.69, 9.17) is 4.74 Å². The van der Waals surface area contributed by atoms with Crippen molar-refractivity contribution in [2.45, 2.75) is 6.42 Å². The molecule has 2 aromatic heterocycles. The molecule has 5 nitrogen and oxygen atoms in total. The predicted molar refractivity (Wildman–Crippen MR) is 107 cm³/mol. The van der Waals surface area contributed by atoms with Crippen molar-refractivity contribution in [2.24, 2.45) is 0 Å². The molecule has 0 spiro atoms. The van der Waals surface area contributed by atoms with E-state index in [2.05, 4.69) is 21.3 Å². The summed E-state index contributed by atoms with van der Waals surface area (Å²) in [6, 6.07) is 12.0. The molecule has 3 aromatic rings. The van der Waals surface area contributed by atoms with Gasteiger partial charge in [0.25, 0.3) is 0 Å². The first-order valence-electron chi connectivity index (χ1n) is 8.49. The lowest BCUT2D eigenvalue weighted by molar-refractivity contribution is -0.115. The molecule has 7 heteroatoms. The van der Waals surface area contributed by atoms with Crippen LogP contribution in [0.15, 0.2) is 47.2 Å². The van der Waals surface area contributed by atoms with Crippen LogP contribution in [-0.2, 0) is 16.0 Å². The minimum absolute atomic E-state index is 0.0489. The molecule has 1 aromatic carbocycles. The molecule has 1 N–H and O–H groups in total. The summed E-state index contributed by atoms with van der Waals surface area (Å²) in [7, 11) is 0. The molecule has 0 saturated carbocycles. The number of ether oxygens (including phenoxy) is 1. The van der Waals surface area contributed by atoms with Gasteiger partial charge in [-0.2, -0.15) is 0 Å². The molecule has 1 amide bonds. The SMILES string of the molecule is O=C(Cc1csc(-c2cccs2)n1)Nc1cccc(N2CCOCC2)c1. The highest BCUT2D eigenvalue weighted by Crippen LogP contribution is 2.28. The van der Waals surface area contributed by atoms with Gasteiger partial charge in [0.2, 0.25) is 5.91 Å². The van der Waals surface area contributed by atoms with E-state index in [-0.39, 0.29) is 12.3 Å². The smallest absolute Gasteiger partial charge is 0.230 e. The van der Waals surface area contributed by atoms with Crippen LogP contribution in [0.1, 0.15) is 5.69 Å². The molecule has 4 rings (SSSR count). The summed E-state index contributed by atoms with van der Waals surface area (Å²) in [6.07, 6.45) is 0.281. The molecule has 3 heterocycles. The van der Waals surface area contributed by atoms with Crippen molar-refractivity contribution in [1.29, 1.82) is 0 Å². The van der Waals surface area contributed by atoms with Crippen LogP contribution in [0, 0.1) is 0 Å². The van der Waals surface area contributed by atoms with Gasteiger partial charge in [-0.1, -0.05) is 12.1 Å². The van der Waals surface area contributed by atoms with Crippen molar-refractivity contribution in [1.82, 2.24) is 4.98 Å². The number of benzene rings is 1. The standard InChI is InChI=1S/C19H19N3O2S2/c23-18(12-15-13-26-19(21-15)17-5-2-10-25-17)20-14-3-1-4-16(11-14)22-6-8-24-9-7-22/h1-5,10-11,13H,6-9,12H2,(H,20,23). The van der Waals surface area contributed by atoms with Crippen LogP contribution in [-0.4, -0.2) is 37.2 Å². The van der Waals surface area contributed by atoms with Crippen LogP contribution in [0.3, 0.4) is 0 Å². The average molecular weight is 386 g/mol. The Kier molecular flexibility index (Phi) is 5.29. The Labute approximate surface area is 160 Å². The lowest BCUT2D eigenvalue weighted by Gasteiger charge is -2.29. The fourth-order valence-electron chi connectivity index (χ4n) is 2.87. The molecule has 0 unspecified atom stereocenters. The number of carbonyl (C=O) groups is 1. The first-order chi connectivity index (χ1) is 12.8. The monoisotopic (exact) mass is 385 g/mol. The maximum Gasteiger partial charge on any atom is 0.230 e. The zero-order valence-corrected chi connectivity index (χ0v) is 15.8. The lowest BCUT2D eigenvalue weighted by Crippen LogP contribution is -2.36. The molecule has 0 bridgehead atoms. The number of nitrogens with one attached hydrogen (secondary N) is 1. The quantitative estimate of drug-likeness (QED) is 0.724. The first kappa shape index (κ1) is 17.2. The van der Waals surface area contributed by atoms with Gasteiger partial charge in [0.05, 0.1) is 30.2 Å². The van der Waals surface area contributed by atoms with E-state index in [1.165, 1.54) is 0 Å². The fourth-order valence-corrected chi connectivity index (χ4v) is 4.51. The van der Waals surface area contributed by atoms with Gasteiger partial charge in [-0.3, -0.25) is 4.79 Å². The number of anilines is 2. The zero-order valence-electron chi connectivity index (χ0n) is 14.2. The van der Waals surface area contributed by atoms with Crippen LogP contribution in [0.4, 0.5) is 11.4 Å². The number of hydrogen-bond acceptors (Lipinski definition) is 6. The van der Waals surface area contributed by atoms with Crippen molar-refractivity contribution in [3.63, 3.8) is 0 Å². The van der Waals surface area contributed by atoms with Crippen molar-refractivity contribution in [3.05, 3.63) is 52.9 Å². The number of hydrogen-bond donors (Lipinski definition) is 1. The number of nitrogens with zero attached hydrogens (tertiary/aromatic N) is 2. The molecular formula is C19H19N3O2S2. The summed E-state index contributed by atoms with van der Waals surface area (Å²) in [5.41, 5.74) is 2.73. The maximum absolute atomic E-state index is 12.4. The maximum atomic E-state index is 12.4. The number of thiophene rings is 1. The molecular weight excluding hydrogens is 366 g/mol. The summed E-state index contributed by atoms with van der Waals surface area (Å²) < 4.78 is 5.39. The summed E-state index contributed by atoms with van der Waals surface area (Å²) in [6.45, 7) is 3.24. The van der Waals surface area contributed by atoms with Gasteiger partial charge < -0.3 is 15.0 Å². The molecule has 0 aliphatic carbocycles. The Morgan fingerprint density at radius 1 is 1.19 bits per heavy atom. The predicted octanol–water partition coefficient (Wildman–Crippen LogP) is 3.89. The highest BCUT2D eigenvalue weighted by molar-refractivity contribution is 7.20. The fraction of sp³-hybridized carbons (Fsp3) is 0.263. The highest BCUT2D eigenvalue weighted by atomic mass is 32.1. The Hall–Kier alpha value is -2.22. The number of morpholine rings is 1. The highest BCUT2D eigenvalue weighted by Gasteiger charge is 2.13. The van der Waals surface area contributed by atoms with E-state index in [9.17, 15) is 4.79 Å². The molecule has 26 heavy (non-hydrogen) atoms. The number of carbonyl (C=O) groups excluding carboxylic acids is 1. The van der Waals surface area contributed by atoms with Gasteiger partial charge in [-0.05, 0) is 29.6 Å². The molecule has 1 aliphatic rings. The van der Waals surface area contributed by atoms with Crippen LogP contribution in [0.2, 0.25) is 0 Å². The Morgan fingerprint density at radius 2 is 2.08 bits per heavy atom. The minimum atomic E-state index is -0.0489. The number of rotatable bonds is 5. The summed E-state index contributed by atoms with van der Waals surface area (Å²) >= 11 is 3.24.